The quantitative estimate of drug-likeness (QED) is 0.588. The van der Waals surface area contributed by atoms with Crippen molar-refractivity contribution in [1.82, 2.24) is 4.98 Å². The minimum absolute atomic E-state index is 0.166. The molecule has 1 aliphatic rings. The van der Waals surface area contributed by atoms with Gasteiger partial charge in [0, 0.05) is 12.1 Å². The van der Waals surface area contributed by atoms with E-state index in [-0.39, 0.29) is 23.1 Å². The first kappa shape index (κ1) is 10.3. The summed E-state index contributed by atoms with van der Waals surface area (Å²) in [6.07, 6.45) is 2.99. The molecule has 2 rings (SSSR count). The van der Waals surface area contributed by atoms with Gasteiger partial charge in [0.05, 0.1) is 4.92 Å². The number of pyridine rings is 1. The Balaban J connectivity index is 2.35. The molecule has 16 heavy (non-hydrogen) atoms. The van der Waals surface area contributed by atoms with Gasteiger partial charge < -0.3 is 10.4 Å². The molecular formula is C9H9N3O4. The van der Waals surface area contributed by atoms with Gasteiger partial charge in [0.15, 0.2) is 0 Å². The van der Waals surface area contributed by atoms with Crippen LogP contribution in [-0.2, 0) is 0 Å². The Kier molecular flexibility index (Phi) is 2.43. The minimum atomic E-state index is -1.22. The van der Waals surface area contributed by atoms with Crippen LogP contribution in [0.2, 0.25) is 0 Å². The Morgan fingerprint density at radius 3 is 2.81 bits per heavy atom. The highest BCUT2D eigenvalue weighted by Gasteiger charge is 2.25. The summed E-state index contributed by atoms with van der Waals surface area (Å²) in [4.78, 5) is 24.5. The van der Waals surface area contributed by atoms with Crippen molar-refractivity contribution in [2.45, 2.75) is 18.9 Å². The molecule has 2 N–H and O–H groups in total. The normalized spacial score (nSPS) is 14.5. The van der Waals surface area contributed by atoms with Gasteiger partial charge in [0.25, 0.3) is 5.69 Å². The highest BCUT2D eigenvalue weighted by molar-refractivity contribution is 5.93. The fourth-order valence-electron chi connectivity index (χ4n) is 1.25. The first-order valence-electron chi connectivity index (χ1n) is 4.72. The summed E-state index contributed by atoms with van der Waals surface area (Å²) < 4.78 is 0. The van der Waals surface area contributed by atoms with Gasteiger partial charge in [-0.1, -0.05) is 0 Å². The molecular weight excluding hydrogens is 214 g/mol. The molecule has 0 atom stereocenters. The molecule has 0 saturated heterocycles. The molecule has 0 spiro atoms. The molecule has 84 valence electrons. The maximum atomic E-state index is 10.9. The van der Waals surface area contributed by atoms with Gasteiger partial charge in [-0.2, -0.15) is 0 Å². The van der Waals surface area contributed by atoms with Crippen LogP contribution < -0.4 is 5.32 Å². The van der Waals surface area contributed by atoms with Crippen LogP contribution in [0.3, 0.4) is 0 Å². The van der Waals surface area contributed by atoms with Crippen molar-refractivity contribution in [1.29, 1.82) is 0 Å². The van der Waals surface area contributed by atoms with E-state index in [0.717, 1.165) is 25.1 Å². The number of hydrogen-bond donors (Lipinski definition) is 2. The highest BCUT2D eigenvalue weighted by Crippen LogP contribution is 2.27. The first-order valence-corrected chi connectivity index (χ1v) is 4.72. The van der Waals surface area contributed by atoms with Gasteiger partial charge in [0.2, 0.25) is 0 Å². The number of nitrogens with zero attached hydrogens (tertiary/aromatic N) is 2. The largest absolute Gasteiger partial charge is 0.478 e. The third-order valence-corrected chi connectivity index (χ3v) is 2.23. The van der Waals surface area contributed by atoms with Crippen molar-refractivity contribution in [2.24, 2.45) is 0 Å². The van der Waals surface area contributed by atoms with Gasteiger partial charge >= 0.3 is 5.97 Å². The topological polar surface area (TPSA) is 105 Å². The van der Waals surface area contributed by atoms with E-state index in [2.05, 4.69) is 10.3 Å². The fourth-order valence-corrected chi connectivity index (χ4v) is 1.25. The van der Waals surface area contributed by atoms with Crippen molar-refractivity contribution in [2.75, 3.05) is 5.32 Å². The number of carboxylic acid groups (broad SMARTS) is 1. The maximum absolute atomic E-state index is 10.9. The maximum Gasteiger partial charge on any atom is 0.339 e. The van der Waals surface area contributed by atoms with Crippen molar-refractivity contribution in [3.05, 3.63) is 27.9 Å². The van der Waals surface area contributed by atoms with E-state index in [9.17, 15) is 14.9 Å². The molecule has 0 aliphatic heterocycles. The standard InChI is InChI=1S/C9H9N3O4/c13-9(14)7-3-6(12(15)16)4-10-8(7)11-5-1-2-5/h3-5H,1-2H2,(H,10,11)(H,13,14). The summed E-state index contributed by atoms with van der Waals surface area (Å²) in [5.41, 5.74) is -0.486. The Hall–Kier alpha value is -2.18. The van der Waals surface area contributed by atoms with E-state index in [0.29, 0.717) is 0 Å². The van der Waals surface area contributed by atoms with Crippen molar-refractivity contribution >= 4 is 17.5 Å². The van der Waals surface area contributed by atoms with Crippen LogP contribution >= 0.6 is 0 Å². The van der Waals surface area contributed by atoms with Gasteiger partial charge in [-0.3, -0.25) is 10.1 Å². The first-order chi connectivity index (χ1) is 7.58. The lowest BCUT2D eigenvalue weighted by Crippen LogP contribution is -2.10. The zero-order valence-electron chi connectivity index (χ0n) is 8.21. The number of aromatic carboxylic acids is 1. The molecule has 0 aromatic carbocycles. The van der Waals surface area contributed by atoms with E-state index in [1.165, 1.54) is 0 Å². The van der Waals surface area contributed by atoms with Crippen molar-refractivity contribution in [3.8, 4) is 0 Å². The van der Waals surface area contributed by atoms with Crippen LogP contribution in [0.1, 0.15) is 23.2 Å². The van der Waals surface area contributed by atoms with E-state index in [1.54, 1.807) is 0 Å². The zero-order valence-corrected chi connectivity index (χ0v) is 8.21. The Labute approximate surface area is 90.3 Å². The van der Waals surface area contributed by atoms with Gasteiger partial charge in [-0.05, 0) is 12.8 Å². The SMILES string of the molecule is O=C(O)c1cc([N+](=O)[O-])cnc1NC1CC1. The molecule has 1 aromatic rings. The average Bonchev–Trinajstić information content (AvgIpc) is 3.01. The summed E-state index contributed by atoms with van der Waals surface area (Å²) in [6.45, 7) is 0. The molecule has 7 heteroatoms. The lowest BCUT2D eigenvalue weighted by atomic mass is 10.2. The summed E-state index contributed by atoms with van der Waals surface area (Å²) in [7, 11) is 0. The van der Waals surface area contributed by atoms with Crippen molar-refractivity contribution in [3.63, 3.8) is 0 Å². The van der Waals surface area contributed by atoms with Crippen LogP contribution in [-0.4, -0.2) is 27.0 Å². The van der Waals surface area contributed by atoms with Gasteiger partial charge in [-0.25, -0.2) is 9.78 Å². The van der Waals surface area contributed by atoms with Crippen LogP contribution in [0, 0.1) is 10.1 Å². The molecule has 1 aliphatic carbocycles. The van der Waals surface area contributed by atoms with Gasteiger partial charge in [-0.15, -0.1) is 0 Å². The predicted octanol–water partition coefficient (Wildman–Crippen LogP) is 1.26. The van der Waals surface area contributed by atoms with Crippen LogP contribution in [0.15, 0.2) is 12.3 Å². The molecule has 1 aromatic heterocycles. The third kappa shape index (κ3) is 2.08. The third-order valence-electron chi connectivity index (χ3n) is 2.23. The van der Waals surface area contributed by atoms with E-state index in [1.807, 2.05) is 0 Å². The second-order valence-electron chi connectivity index (χ2n) is 3.57. The zero-order chi connectivity index (χ0) is 11.7. The lowest BCUT2D eigenvalue weighted by Gasteiger charge is -2.06. The van der Waals surface area contributed by atoms with Gasteiger partial charge in [0.1, 0.15) is 17.6 Å². The molecule has 7 nitrogen and oxygen atoms in total. The number of hydrogen-bond acceptors (Lipinski definition) is 5. The molecule has 0 radical (unpaired) electrons. The molecule has 1 heterocycles. The minimum Gasteiger partial charge on any atom is -0.478 e. The molecule has 0 amide bonds. The Morgan fingerprint density at radius 2 is 2.31 bits per heavy atom. The molecule has 1 fully saturated rings. The smallest absolute Gasteiger partial charge is 0.339 e. The Bertz CT molecular complexity index is 456. The van der Waals surface area contributed by atoms with Crippen LogP contribution in [0.25, 0.3) is 0 Å². The number of nitro groups is 1. The number of carbonyl (C=O) groups is 1. The Morgan fingerprint density at radius 1 is 1.62 bits per heavy atom. The summed E-state index contributed by atoms with van der Waals surface area (Å²) in [5, 5.41) is 22.3. The summed E-state index contributed by atoms with van der Waals surface area (Å²) in [5.74, 6) is -1.03. The summed E-state index contributed by atoms with van der Waals surface area (Å²) >= 11 is 0. The van der Waals surface area contributed by atoms with Crippen molar-refractivity contribution < 1.29 is 14.8 Å². The highest BCUT2D eigenvalue weighted by atomic mass is 16.6. The van der Waals surface area contributed by atoms with E-state index in [4.69, 9.17) is 5.11 Å². The second-order valence-corrected chi connectivity index (χ2v) is 3.57. The number of anilines is 1. The predicted molar refractivity (Wildman–Crippen MR) is 54.5 cm³/mol. The summed E-state index contributed by atoms with van der Waals surface area (Å²) in [6, 6.07) is 1.26. The molecule has 0 bridgehead atoms. The second kappa shape index (κ2) is 3.76. The molecule has 0 unspecified atom stereocenters. The number of nitrogens with one attached hydrogen (secondary N) is 1. The van der Waals surface area contributed by atoms with Crippen LogP contribution in [0.5, 0.6) is 0 Å². The van der Waals surface area contributed by atoms with Crippen LogP contribution in [0.4, 0.5) is 11.5 Å². The fraction of sp³-hybridized carbons (Fsp3) is 0.333. The lowest BCUT2D eigenvalue weighted by molar-refractivity contribution is -0.385. The number of carboxylic acids is 1. The number of aromatic nitrogens is 1. The van der Waals surface area contributed by atoms with E-state index < -0.39 is 10.9 Å². The molecule has 1 saturated carbocycles. The average molecular weight is 223 g/mol. The number of rotatable bonds is 4. The monoisotopic (exact) mass is 223 g/mol. The van der Waals surface area contributed by atoms with E-state index >= 15 is 0 Å².